The molecule has 3 nitrogen and oxygen atoms in total. The summed E-state index contributed by atoms with van der Waals surface area (Å²) in [5.74, 6) is 1.29. The Morgan fingerprint density at radius 3 is 1.98 bits per heavy atom. The third-order valence-electron chi connectivity index (χ3n) is 11.0. The highest BCUT2D eigenvalue weighted by molar-refractivity contribution is 6.13. The summed E-state index contributed by atoms with van der Waals surface area (Å²) < 4.78 is 11.3. The molecule has 0 N–H and O–H groups in total. The van der Waals surface area contributed by atoms with Crippen LogP contribution in [0.2, 0.25) is 0 Å². The maximum absolute atomic E-state index is 6.52. The highest BCUT2D eigenvalue weighted by atomic mass is 16.3. The second-order valence-electron chi connectivity index (χ2n) is 13.9. The van der Waals surface area contributed by atoms with Gasteiger partial charge in [0.2, 0.25) is 0 Å². The van der Waals surface area contributed by atoms with Gasteiger partial charge in [-0.05, 0) is 104 Å². The van der Waals surface area contributed by atoms with E-state index in [1.165, 1.54) is 76.9 Å². The predicted octanol–water partition coefficient (Wildman–Crippen LogP) is 13.4. The molecular formula is C49H38N2O. The number of benzene rings is 6. The number of allylic oxidation sites excluding steroid dienone is 6. The number of aromatic nitrogens is 2. The summed E-state index contributed by atoms with van der Waals surface area (Å²) in [7, 11) is 0. The van der Waals surface area contributed by atoms with Crippen LogP contribution in [0.25, 0.3) is 77.1 Å². The largest absolute Gasteiger partial charge is 0.460 e. The summed E-state index contributed by atoms with van der Waals surface area (Å²) in [6.07, 6.45) is 12.9. The lowest BCUT2D eigenvalue weighted by atomic mass is 9.91. The molecule has 0 saturated heterocycles. The van der Waals surface area contributed by atoms with Crippen molar-refractivity contribution in [3.63, 3.8) is 0 Å². The Labute approximate surface area is 303 Å². The van der Waals surface area contributed by atoms with Gasteiger partial charge in [-0.3, -0.25) is 0 Å². The van der Waals surface area contributed by atoms with Gasteiger partial charge in [0.15, 0.2) is 0 Å². The first kappa shape index (κ1) is 30.5. The molecule has 0 radical (unpaired) electrons. The summed E-state index contributed by atoms with van der Waals surface area (Å²) in [5.41, 5.74) is 13.2. The molecule has 10 rings (SSSR count). The van der Waals surface area contributed by atoms with Crippen molar-refractivity contribution in [2.75, 3.05) is 0 Å². The van der Waals surface area contributed by atoms with Gasteiger partial charge in [0.1, 0.15) is 11.3 Å². The molecule has 0 amide bonds. The minimum Gasteiger partial charge on any atom is -0.460 e. The number of fused-ring (bicyclic) bond motifs is 9. The van der Waals surface area contributed by atoms with Crippen LogP contribution in [-0.4, -0.2) is 9.13 Å². The lowest BCUT2D eigenvalue weighted by Gasteiger charge is -2.15. The fraction of sp³-hybridized carbons (Fsp3) is 0.102. The van der Waals surface area contributed by atoms with Crippen LogP contribution in [0.4, 0.5) is 0 Å². The lowest BCUT2D eigenvalue weighted by Crippen LogP contribution is -2.01. The quantitative estimate of drug-likeness (QED) is 0.132. The van der Waals surface area contributed by atoms with Gasteiger partial charge in [-0.15, -0.1) is 0 Å². The molecule has 6 aromatic carbocycles. The van der Waals surface area contributed by atoms with E-state index < -0.39 is 0 Å². The van der Waals surface area contributed by atoms with Crippen LogP contribution >= 0.6 is 0 Å². The third-order valence-corrected chi connectivity index (χ3v) is 11.0. The molecule has 0 aliphatic heterocycles. The SMILES string of the molecule is C/C=C\C(=C/C)n1c2ccccc2c2cc(-c3ccc4c(c3)c3ccccc3n4-c3ccc(C4CC=CCc5c4oc4ccccc54)cc3)ccc21. The monoisotopic (exact) mass is 670 g/mol. The van der Waals surface area contributed by atoms with Gasteiger partial charge in [0.05, 0.1) is 22.1 Å². The van der Waals surface area contributed by atoms with Gasteiger partial charge in [-0.2, -0.15) is 0 Å². The van der Waals surface area contributed by atoms with Gasteiger partial charge >= 0.3 is 0 Å². The van der Waals surface area contributed by atoms with E-state index in [4.69, 9.17) is 4.42 Å². The summed E-state index contributed by atoms with van der Waals surface area (Å²) >= 11 is 0. The van der Waals surface area contributed by atoms with Crippen molar-refractivity contribution < 1.29 is 4.42 Å². The number of furan rings is 1. The molecule has 52 heavy (non-hydrogen) atoms. The molecule has 1 aliphatic carbocycles. The van der Waals surface area contributed by atoms with E-state index in [9.17, 15) is 0 Å². The van der Waals surface area contributed by atoms with Crippen molar-refractivity contribution in [1.82, 2.24) is 9.13 Å². The molecule has 1 unspecified atom stereocenters. The average Bonchev–Trinajstić information content (AvgIpc) is 3.78. The predicted molar refractivity (Wildman–Crippen MR) is 219 cm³/mol. The first-order chi connectivity index (χ1) is 25.7. The summed E-state index contributed by atoms with van der Waals surface area (Å²) in [5, 5.41) is 6.27. The van der Waals surface area contributed by atoms with Crippen molar-refractivity contribution in [3.8, 4) is 16.8 Å². The maximum Gasteiger partial charge on any atom is 0.134 e. The van der Waals surface area contributed by atoms with Crippen LogP contribution in [0.5, 0.6) is 0 Å². The van der Waals surface area contributed by atoms with Crippen LogP contribution in [0, 0.1) is 0 Å². The zero-order valence-electron chi connectivity index (χ0n) is 29.4. The van der Waals surface area contributed by atoms with Crippen LogP contribution in [-0.2, 0) is 6.42 Å². The van der Waals surface area contributed by atoms with Gasteiger partial charge in [-0.1, -0.05) is 103 Å². The third kappa shape index (κ3) is 4.66. The zero-order valence-corrected chi connectivity index (χ0v) is 29.4. The van der Waals surface area contributed by atoms with E-state index in [-0.39, 0.29) is 5.92 Å². The Balaban J connectivity index is 1.07. The minimum atomic E-state index is 0.190. The molecule has 3 heterocycles. The van der Waals surface area contributed by atoms with Crippen LogP contribution in [0.15, 0.2) is 168 Å². The van der Waals surface area contributed by atoms with Gasteiger partial charge < -0.3 is 13.6 Å². The van der Waals surface area contributed by atoms with Gasteiger partial charge in [-0.25, -0.2) is 0 Å². The second kappa shape index (κ2) is 12.2. The molecule has 0 fully saturated rings. The van der Waals surface area contributed by atoms with Crippen LogP contribution in [0.3, 0.4) is 0 Å². The zero-order chi connectivity index (χ0) is 34.8. The number of para-hydroxylation sites is 3. The molecule has 250 valence electrons. The topological polar surface area (TPSA) is 23.0 Å². The van der Waals surface area contributed by atoms with Gasteiger partial charge in [0, 0.05) is 49.8 Å². The number of rotatable bonds is 5. The Hall–Kier alpha value is -6.32. The summed E-state index contributed by atoms with van der Waals surface area (Å²) in [6.45, 7) is 4.18. The molecule has 9 aromatic rings. The van der Waals surface area contributed by atoms with E-state index in [0.29, 0.717) is 0 Å². The number of hydrogen-bond donors (Lipinski definition) is 0. The molecule has 0 bridgehead atoms. The maximum atomic E-state index is 6.52. The van der Waals surface area contributed by atoms with Gasteiger partial charge in [0.25, 0.3) is 0 Å². The lowest BCUT2D eigenvalue weighted by molar-refractivity contribution is 0.517. The van der Waals surface area contributed by atoms with E-state index in [1.807, 2.05) is 0 Å². The fourth-order valence-electron chi connectivity index (χ4n) is 8.63. The first-order valence-corrected chi connectivity index (χ1v) is 18.3. The molecule has 0 spiro atoms. The van der Waals surface area contributed by atoms with E-state index >= 15 is 0 Å². The molecule has 0 saturated carbocycles. The molecule has 3 heteroatoms. The van der Waals surface area contributed by atoms with Crippen molar-refractivity contribution in [1.29, 1.82) is 0 Å². The molecular weight excluding hydrogens is 633 g/mol. The van der Waals surface area contributed by atoms with Crippen LogP contribution < -0.4 is 0 Å². The first-order valence-electron chi connectivity index (χ1n) is 18.3. The Bertz CT molecular complexity index is 2920. The van der Waals surface area contributed by atoms with Crippen molar-refractivity contribution in [3.05, 3.63) is 181 Å². The average molecular weight is 671 g/mol. The highest BCUT2D eigenvalue weighted by Gasteiger charge is 2.25. The van der Waals surface area contributed by atoms with E-state index in [2.05, 4.69) is 187 Å². The minimum absolute atomic E-state index is 0.190. The van der Waals surface area contributed by atoms with Crippen molar-refractivity contribution in [2.45, 2.75) is 32.6 Å². The molecule has 1 atom stereocenters. The second-order valence-corrected chi connectivity index (χ2v) is 13.9. The van der Waals surface area contributed by atoms with Crippen molar-refractivity contribution >= 4 is 60.3 Å². The molecule has 3 aromatic heterocycles. The van der Waals surface area contributed by atoms with E-state index in [1.54, 1.807) is 0 Å². The fourth-order valence-corrected chi connectivity index (χ4v) is 8.63. The standard InChI is InChI=1S/C49H38N2O/c1-3-13-35(4-2)50-44-19-10-7-15-38(44)42-30-33(24-28-46(42)50)34-25-29-47-43(31-34)39-16-8-11-20-45(39)51(47)36-26-22-32(23-27-36)37-14-5-6-18-41-40-17-9-12-21-48(40)52-49(37)41/h3-13,15-17,19-31,37H,14,18H2,1-2H3/b13-3-,35-4+. The van der Waals surface area contributed by atoms with Crippen molar-refractivity contribution in [2.24, 2.45) is 0 Å². The van der Waals surface area contributed by atoms with E-state index in [0.717, 1.165) is 29.9 Å². The summed E-state index contributed by atoms with van der Waals surface area (Å²) in [4.78, 5) is 0. The Morgan fingerprint density at radius 1 is 0.615 bits per heavy atom. The Morgan fingerprint density at radius 2 is 1.23 bits per heavy atom. The smallest absolute Gasteiger partial charge is 0.134 e. The number of hydrogen-bond acceptors (Lipinski definition) is 1. The highest BCUT2D eigenvalue weighted by Crippen LogP contribution is 2.41. The summed E-state index contributed by atoms with van der Waals surface area (Å²) in [6, 6.07) is 49.0. The van der Waals surface area contributed by atoms with Crippen LogP contribution in [0.1, 0.15) is 43.1 Å². The normalized spacial score (nSPS) is 15.1. The molecule has 1 aliphatic rings. The number of nitrogens with zero attached hydrogens (tertiary/aromatic N) is 2. The Kier molecular flexibility index (Phi) is 7.14.